The molecule has 1 saturated carbocycles. The second kappa shape index (κ2) is 7.61. The van der Waals surface area contributed by atoms with Gasteiger partial charge in [-0.25, -0.2) is 0 Å². The number of carbonyl (C=O) groups is 2. The maximum absolute atomic E-state index is 12.5. The first-order valence-corrected chi connectivity index (χ1v) is 9.21. The molecule has 1 aliphatic rings. The summed E-state index contributed by atoms with van der Waals surface area (Å²) in [6.07, 6.45) is 0.539. The van der Waals surface area contributed by atoms with Gasteiger partial charge in [0.2, 0.25) is 11.8 Å². The Morgan fingerprint density at radius 1 is 0.963 bits per heavy atom. The Morgan fingerprint density at radius 3 is 2.22 bits per heavy atom. The van der Waals surface area contributed by atoms with Crippen molar-refractivity contribution in [2.24, 2.45) is 11.8 Å². The first-order chi connectivity index (χ1) is 12.8. The first-order valence-electron chi connectivity index (χ1n) is 8.83. The van der Waals surface area contributed by atoms with Crippen molar-refractivity contribution in [1.29, 1.82) is 0 Å². The van der Waals surface area contributed by atoms with E-state index in [0.717, 1.165) is 22.4 Å². The third-order valence-corrected chi connectivity index (χ3v) is 5.26. The number of hydrogen-bond donors (Lipinski definition) is 2. The summed E-state index contributed by atoms with van der Waals surface area (Å²) in [7, 11) is 1.52. The van der Waals surface area contributed by atoms with Crippen molar-refractivity contribution in [1.82, 2.24) is 0 Å². The number of methoxy groups -OCH3 is 1. The number of aryl methyl sites for hydroxylation is 3. The highest BCUT2D eigenvalue weighted by Gasteiger charge is 2.48. The summed E-state index contributed by atoms with van der Waals surface area (Å²) in [5.41, 5.74) is 4.27. The second-order valence-corrected chi connectivity index (χ2v) is 7.45. The van der Waals surface area contributed by atoms with Crippen LogP contribution in [-0.4, -0.2) is 18.9 Å². The number of ether oxygens (including phenoxy) is 1. The monoisotopic (exact) mass is 386 g/mol. The van der Waals surface area contributed by atoms with E-state index in [-0.39, 0.29) is 23.7 Å². The highest BCUT2D eigenvalue weighted by Crippen LogP contribution is 2.41. The molecule has 0 aromatic heterocycles. The molecule has 0 heterocycles. The molecule has 1 aliphatic carbocycles. The Hall–Kier alpha value is -2.53. The summed E-state index contributed by atoms with van der Waals surface area (Å²) in [5.74, 6) is -0.463. The van der Waals surface area contributed by atoms with Crippen LogP contribution < -0.4 is 15.4 Å². The lowest BCUT2D eigenvalue weighted by atomic mass is 10.1. The summed E-state index contributed by atoms with van der Waals surface area (Å²) in [6.45, 7) is 5.78. The molecule has 0 spiro atoms. The molecule has 142 valence electrons. The van der Waals surface area contributed by atoms with Crippen molar-refractivity contribution in [3.05, 3.63) is 52.0 Å². The minimum absolute atomic E-state index is 0.122. The molecular weight excluding hydrogens is 364 g/mol. The average molecular weight is 387 g/mol. The van der Waals surface area contributed by atoms with E-state index in [1.54, 1.807) is 12.1 Å². The van der Waals surface area contributed by atoms with Gasteiger partial charge in [0.1, 0.15) is 5.75 Å². The second-order valence-electron chi connectivity index (χ2n) is 7.05. The lowest BCUT2D eigenvalue weighted by Crippen LogP contribution is -2.21. The van der Waals surface area contributed by atoms with Gasteiger partial charge in [0.15, 0.2) is 0 Å². The fourth-order valence-corrected chi connectivity index (χ4v) is 3.18. The van der Waals surface area contributed by atoms with Crippen LogP contribution in [0.5, 0.6) is 5.75 Å². The minimum Gasteiger partial charge on any atom is -0.495 e. The SMILES string of the molecule is COc1cc(Cl)c(C)cc1NC(=O)C1CC1C(=O)Nc1cc(C)ccc1C. The number of halogens is 1. The molecule has 3 rings (SSSR count). The number of hydrogen-bond acceptors (Lipinski definition) is 3. The van der Waals surface area contributed by atoms with Crippen molar-refractivity contribution in [2.45, 2.75) is 27.2 Å². The molecule has 0 radical (unpaired) electrons. The van der Waals surface area contributed by atoms with Crippen LogP contribution in [0, 0.1) is 32.6 Å². The van der Waals surface area contributed by atoms with Gasteiger partial charge in [-0.1, -0.05) is 23.7 Å². The van der Waals surface area contributed by atoms with Gasteiger partial charge < -0.3 is 15.4 Å². The Kier molecular flexibility index (Phi) is 5.42. The molecule has 27 heavy (non-hydrogen) atoms. The van der Waals surface area contributed by atoms with Crippen LogP contribution in [0.15, 0.2) is 30.3 Å². The third-order valence-electron chi connectivity index (χ3n) is 4.85. The zero-order valence-electron chi connectivity index (χ0n) is 15.9. The normalized spacial score (nSPS) is 18.0. The smallest absolute Gasteiger partial charge is 0.228 e. The van der Waals surface area contributed by atoms with E-state index in [9.17, 15) is 9.59 Å². The highest BCUT2D eigenvalue weighted by molar-refractivity contribution is 6.31. The van der Waals surface area contributed by atoms with Gasteiger partial charge in [0, 0.05) is 16.8 Å². The molecule has 2 aromatic rings. The molecule has 2 aromatic carbocycles. The molecule has 2 N–H and O–H groups in total. The molecule has 1 fully saturated rings. The van der Waals surface area contributed by atoms with Crippen LogP contribution in [0.3, 0.4) is 0 Å². The summed E-state index contributed by atoms with van der Waals surface area (Å²) in [4.78, 5) is 25.0. The van der Waals surface area contributed by atoms with Gasteiger partial charge in [-0.2, -0.15) is 0 Å². The minimum atomic E-state index is -0.337. The fourth-order valence-electron chi connectivity index (χ4n) is 3.03. The Labute approximate surface area is 164 Å². The summed E-state index contributed by atoms with van der Waals surface area (Å²) < 4.78 is 5.28. The van der Waals surface area contributed by atoms with Gasteiger partial charge in [-0.3, -0.25) is 9.59 Å². The van der Waals surface area contributed by atoms with Gasteiger partial charge in [0.25, 0.3) is 0 Å². The van der Waals surface area contributed by atoms with E-state index in [2.05, 4.69) is 10.6 Å². The number of anilines is 2. The molecular formula is C21H23ClN2O3. The Morgan fingerprint density at radius 2 is 1.59 bits per heavy atom. The zero-order valence-corrected chi connectivity index (χ0v) is 16.6. The molecule has 2 unspecified atom stereocenters. The van der Waals surface area contributed by atoms with Gasteiger partial charge in [-0.15, -0.1) is 0 Å². The number of rotatable bonds is 5. The summed E-state index contributed by atoms with van der Waals surface area (Å²) in [5, 5.41) is 6.37. The molecule has 0 aliphatic heterocycles. The summed E-state index contributed by atoms with van der Waals surface area (Å²) in [6, 6.07) is 9.35. The van der Waals surface area contributed by atoms with Crippen LogP contribution in [0.1, 0.15) is 23.1 Å². The van der Waals surface area contributed by atoms with E-state index in [1.165, 1.54) is 7.11 Å². The van der Waals surface area contributed by atoms with Crippen molar-refractivity contribution >= 4 is 34.8 Å². The average Bonchev–Trinajstić information content (AvgIpc) is 3.42. The predicted molar refractivity (Wildman–Crippen MR) is 108 cm³/mol. The zero-order chi connectivity index (χ0) is 19.7. The molecule has 2 atom stereocenters. The standard InChI is InChI=1S/C21H23ClN2O3/c1-11-5-6-12(2)17(7-11)23-20(25)14-9-15(14)21(26)24-18-8-13(3)16(22)10-19(18)27-4/h5-8,10,14-15H,9H2,1-4H3,(H,23,25)(H,24,26). The molecule has 2 amide bonds. The number of nitrogens with one attached hydrogen (secondary N) is 2. The van der Waals surface area contributed by atoms with E-state index in [4.69, 9.17) is 16.3 Å². The van der Waals surface area contributed by atoms with Crippen molar-refractivity contribution < 1.29 is 14.3 Å². The van der Waals surface area contributed by atoms with E-state index in [1.807, 2.05) is 39.0 Å². The number of benzene rings is 2. The van der Waals surface area contributed by atoms with Crippen LogP contribution in [0.4, 0.5) is 11.4 Å². The fraction of sp³-hybridized carbons (Fsp3) is 0.333. The van der Waals surface area contributed by atoms with Crippen LogP contribution in [-0.2, 0) is 9.59 Å². The van der Waals surface area contributed by atoms with Crippen molar-refractivity contribution in [3.63, 3.8) is 0 Å². The molecule has 0 saturated heterocycles. The predicted octanol–water partition coefficient (Wildman–Crippen LogP) is 4.49. The van der Waals surface area contributed by atoms with E-state index in [0.29, 0.717) is 22.9 Å². The number of carbonyl (C=O) groups excluding carboxylic acids is 2. The highest BCUT2D eigenvalue weighted by atomic mass is 35.5. The molecule has 5 nitrogen and oxygen atoms in total. The maximum Gasteiger partial charge on any atom is 0.228 e. The topological polar surface area (TPSA) is 67.4 Å². The van der Waals surface area contributed by atoms with Crippen LogP contribution in [0.2, 0.25) is 5.02 Å². The first kappa shape index (κ1) is 19.2. The molecule has 6 heteroatoms. The Bertz CT molecular complexity index is 911. The van der Waals surface area contributed by atoms with Gasteiger partial charge in [0.05, 0.1) is 24.6 Å². The van der Waals surface area contributed by atoms with E-state index >= 15 is 0 Å². The van der Waals surface area contributed by atoms with Gasteiger partial charge in [-0.05, 0) is 56.0 Å². The number of amides is 2. The van der Waals surface area contributed by atoms with Gasteiger partial charge >= 0.3 is 0 Å². The quantitative estimate of drug-likeness (QED) is 0.795. The molecule has 0 bridgehead atoms. The lowest BCUT2D eigenvalue weighted by Gasteiger charge is -2.12. The van der Waals surface area contributed by atoms with Crippen LogP contribution >= 0.6 is 11.6 Å². The Balaban J connectivity index is 1.64. The third kappa shape index (κ3) is 4.25. The van der Waals surface area contributed by atoms with Crippen molar-refractivity contribution in [3.8, 4) is 5.75 Å². The summed E-state index contributed by atoms with van der Waals surface area (Å²) >= 11 is 6.10. The lowest BCUT2D eigenvalue weighted by molar-refractivity contribution is -0.122. The maximum atomic E-state index is 12.5. The largest absolute Gasteiger partial charge is 0.495 e. The van der Waals surface area contributed by atoms with Crippen LogP contribution in [0.25, 0.3) is 0 Å². The van der Waals surface area contributed by atoms with Crippen molar-refractivity contribution in [2.75, 3.05) is 17.7 Å². The van der Waals surface area contributed by atoms with E-state index < -0.39 is 0 Å².